The zero-order chi connectivity index (χ0) is 8.55. The summed E-state index contributed by atoms with van der Waals surface area (Å²) < 4.78 is 5.24. The number of morpholine rings is 1. The van der Waals surface area contributed by atoms with Gasteiger partial charge in [-0.3, -0.25) is 5.41 Å². The molecule has 3 heteroatoms. The highest BCUT2D eigenvalue weighted by Gasteiger charge is 2.38. The van der Waals surface area contributed by atoms with E-state index in [1.165, 1.54) is 6.42 Å². The monoisotopic (exact) mass is 168 g/mol. The SMILES string of the molecule is CC1CC1C(=N)N1CCOCC1. The van der Waals surface area contributed by atoms with Crippen molar-refractivity contribution in [3.05, 3.63) is 0 Å². The van der Waals surface area contributed by atoms with Gasteiger partial charge in [0.15, 0.2) is 0 Å². The molecule has 0 radical (unpaired) electrons. The smallest absolute Gasteiger partial charge is 0.0993 e. The van der Waals surface area contributed by atoms with Gasteiger partial charge in [-0.15, -0.1) is 0 Å². The van der Waals surface area contributed by atoms with Gasteiger partial charge in [0.05, 0.1) is 19.0 Å². The van der Waals surface area contributed by atoms with Crippen LogP contribution in [0.1, 0.15) is 13.3 Å². The van der Waals surface area contributed by atoms with Gasteiger partial charge in [0, 0.05) is 19.0 Å². The summed E-state index contributed by atoms with van der Waals surface area (Å²) in [6.07, 6.45) is 1.22. The van der Waals surface area contributed by atoms with Gasteiger partial charge in [-0.2, -0.15) is 0 Å². The van der Waals surface area contributed by atoms with Crippen LogP contribution in [0.5, 0.6) is 0 Å². The first kappa shape index (κ1) is 8.05. The molecule has 1 aliphatic heterocycles. The summed E-state index contributed by atoms with van der Waals surface area (Å²) in [5.74, 6) is 2.16. The third-order valence-corrected chi connectivity index (χ3v) is 2.81. The van der Waals surface area contributed by atoms with Crippen LogP contribution in [0.25, 0.3) is 0 Å². The topological polar surface area (TPSA) is 36.3 Å². The van der Waals surface area contributed by atoms with E-state index in [0.717, 1.165) is 38.1 Å². The van der Waals surface area contributed by atoms with Gasteiger partial charge in [-0.1, -0.05) is 6.92 Å². The first-order valence-corrected chi connectivity index (χ1v) is 4.70. The minimum atomic E-state index is 0.558. The van der Waals surface area contributed by atoms with Crippen LogP contribution in [0.4, 0.5) is 0 Å². The molecule has 12 heavy (non-hydrogen) atoms. The molecule has 3 nitrogen and oxygen atoms in total. The molecule has 0 bridgehead atoms. The molecule has 0 aromatic carbocycles. The zero-order valence-electron chi connectivity index (χ0n) is 7.55. The van der Waals surface area contributed by atoms with Crippen LogP contribution in [0, 0.1) is 17.2 Å². The van der Waals surface area contributed by atoms with Crippen molar-refractivity contribution in [2.24, 2.45) is 11.8 Å². The van der Waals surface area contributed by atoms with E-state index in [1.807, 2.05) is 0 Å². The Bertz CT molecular complexity index is 187. The lowest BCUT2D eigenvalue weighted by Crippen LogP contribution is -2.41. The highest BCUT2D eigenvalue weighted by molar-refractivity contribution is 5.84. The largest absolute Gasteiger partial charge is 0.378 e. The predicted molar refractivity (Wildman–Crippen MR) is 47.4 cm³/mol. The molecule has 2 unspecified atom stereocenters. The molecule has 1 heterocycles. The van der Waals surface area contributed by atoms with Crippen molar-refractivity contribution < 1.29 is 4.74 Å². The molecule has 0 aromatic heterocycles. The average Bonchev–Trinajstić information content (AvgIpc) is 2.83. The highest BCUT2D eigenvalue weighted by atomic mass is 16.5. The van der Waals surface area contributed by atoms with Gasteiger partial charge in [0.1, 0.15) is 0 Å². The first-order chi connectivity index (χ1) is 5.79. The van der Waals surface area contributed by atoms with Crippen molar-refractivity contribution in [3.63, 3.8) is 0 Å². The number of rotatable bonds is 1. The maximum Gasteiger partial charge on any atom is 0.0993 e. The minimum absolute atomic E-state index is 0.558. The van der Waals surface area contributed by atoms with E-state index in [9.17, 15) is 0 Å². The molecular weight excluding hydrogens is 152 g/mol. The zero-order valence-corrected chi connectivity index (χ0v) is 7.55. The van der Waals surface area contributed by atoms with Crippen LogP contribution in [-0.4, -0.2) is 37.0 Å². The number of hydrogen-bond acceptors (Lipinski definition) is 2. The van der Waals surface area contributed by atoms with Gasteiger partial charge in [-0.05, 0) is 12.3 Å². The van der Waals surface area contributed by atoms with E-state index in [0.29, 0.717) is 5.92 Å². The van der Waals surface area contributed by atoms with Crippen molar-refractivity contribution >= 4 is 5.84 Å². The van der Waals surface area contributed by atoms with Crippen molar-refractivity contribution in [1.29, 1.82) is 5.41 Å². The van der Waals surface area contributed by atoms with E-state index >= 15 is 0 Å². The fraction of sp³-hybridized carbons (Fsp3) is 0.889. The van der Waals surface area contributed by atoms with Crippen molar-refractivity contribution in [2.75, 3.05) is 26.3 Å². The summed E-state index contributed by atoms with van der Waals surface area (Å²) in [6, 6.07) is 0. The number of ether oxygens (including phenoxy) is 1. The third kappa shape index (κ3) is 1.46. The Labute approximate surface area is 73.2 Å². The Morgan fingerprint density at radius 3 is 2.50 bits per heavy atom. The molecule has 0 amide bonds. The summed E-state index contributed by atoms with van der Waals surface area (Å²) in [7, 11) is 0. The third-order valence-electron chi connectivity index (χ3n) is 2.81. The Balaban J connectivity index is 1.86. The molecular formula is C9H16N2O. The first-order valence-electron chi connectivity index (χ1n) is 4.70. The summed E-state index contributed by atoms with van der Waals surface area (Å²) >= 11 is 0. The molecule has 0 spiro atoms. The standard InChI is InChI=1S/C9H16N2O/c1-7-6-8(7)9(10)11-2-4-12-5-3-11/h7-8,10H,2-6H2,1H3. The maximum atomic E-state index is 7.90. The lowest BCUT2D eigenvalue weighted by Gasteiger charge is -2.29. The molecule has 68 valence electrons. The van der Waals surface area contributed by atoms with E-state index < -0.39 is 0 Å². The van der Waals surface area contributed by atoms with E-state index in [1.54, 1.807) is 0 Å². The Hall–Kier alpha value is -0.570. The second kappa shape index (κ2) is 3.05. The lowest BCUT2D eigenvalue weighted by atomic mass is 10.2. The normalized spacial score (nSPS) is 34.9. The highest BCUT2D eigenvalue weighted by Crippen LogP contribution is 2.39. The molecule has 0 aromatic rings. The summed E-state index contributed by atoms with van der Waals surface area (Å²) in [5.41, 5.74) is 0. The molecule has 1 N–H and O–H groups in total. The molecule has 2 atom stereocenters. The van der Waals surface area contributed by atoms with Gasteiger partial charge >= 0.3 is 0 Å². The summed E-state index contributed by atoms with van der Waals surface area (Å²) in [4.78, 5) is 2.16. The summed E-state index contributed by atoms with van der Waals surface area (Å²) in [6.45, 7) is 5.65. The van der Waals surface area contributed by atoms with Gasteiger partial charge in [0.25, 0.3) is 0 Å². The fourth-order valence-electron chi connectivity index (χ4n) is 1.74. The Kier molecular flexibility index (Phi) is 2.05. The van der Waals surface area contributed by atoms with Gasteiger partial charge in [-0.25, -0.2) is 0 Å². The molecule has 1 aliphatic carbocycles. The molecule has 1 saturated heterocycles. The fourth-order valence-corrected chi connectivity index (χ4v) is 1.74. The van der Waals surface area contributed by atoms with E-state index in [-0.39, 0.29) is 0 Å². The minimum Gasteiger partial charge on any atom is -0.378 e. The van der Waals surface area contributed by atoms with Crippen LogP contribution in [0.2, 0.25) is 0 Å². The number of amidine groups is 1. The van der Waals surface area contributed by atoms with Crippen molar-refractivity contribution in [1.82, 2.24) is 4.90 Å². The predicted octanol–water partition coefficient (Wildman–Crippen LogP) is 0.952. The second-order valence-corrected chi connectivity index (χ2v) is 3.80. The van der Waals surface area contributed by atoms with Gasteiger partial charge in [0.2, 0.25) is 0 Å². The molecule has 2 rings (SSSR count). The number of nitrogens with zero attached hydrogens (tertiary/aromatic N) is 1. The molecule has 2 fully saturated rings. The average molecular weight is 168 g/mol. The van der Waals surface area contributed by atoms with Crippen molar-refractivity contribution in [2.45, 2.75) is 13.3 Å². The van der Waals surface area contributed by atoms with Crippen LogP contribution in [0.15, 0.2) is 0 Å². The van der Waals surface area contributed by atoms with Crippen molar-refractivity contribution in [3.8, 4) is 0 Å². The van der Waals surface area contributed by atoms with Gasteiger partial charge < -0.3 is 9.64 Å². The van der Waals surface area contributed by atoms with E-state index in [2.05, 4.69) is 11.8 Å². The quantitative estimate of drug-likeness (QED) is 0.467. The maximum absolute atomic E-state index is 7.90. The Morgan fingerprint density at radius 2 is 2.00 bits per heavy atom. The number of hydrogen-bond donors (Lipinski definition) is 1. The Morgan fingerprint density at radius 1 is 1.42 bits per heavy atom. The second-order valence-electron chi connectivity index (χ2n) is 3.80. The lowest BCUT2D eigenvalue weighted by molar-refractivity contribution is 0.0664. The molecule has 1 saturated carbocycles. The summed E-state index contributed by atoms with van der Waals surface area (Å²) in [5, 5.41) is 7.90. The van der Waals surface area contributed by atoms with E-state index in [4.69, 9.17) is 10.1 Å². The van der Waals surface area contributed by atoms with Crippen LogP contribution in [-0.2, 0) is 4.74 Å². The molecule has 2 aliphatic rings. The van der Waals surface area contributed by atoms with Crippen LogP contribution in [0.3, 0.4) is 0 Å². The number of nitrogens with one attached hydrogen (secondary N) is 1. The van der Waals surface area contributed by atoms with Crippen LogP contribution >= 0.6 is 0 Å². The van der Waals surface area contributed by atoms with Crippen LogP contribution < -0.4 is 0 Å².